The normalized spacial score (nSPS) is 12.0. The van der Waals surface area contributed by atoms with Crippen LogP contribution in [-0.4, -0.2) is 17.9 Å². The third-order valence-corrected chi connectivity index (χ3v) is 4.62. The maximum atomic E-state index is 12.6. The standard InChI is InChI=1S/C16H15BrClNOS/c1-10(11-4-3-5-12(18)8-11)19(2)16(20)14-9-13(21)6-7-15(14)17/h3-10,21H,1-2H3. The Morgan fingerprint density at radius 2 is 2.00 bits per heavy atom. The fourth-order valence-corrected chi connectivity index (χ4v) is 2.85. The molecule has 0 spiro atoms. The molecule has 0 radical (unpaired) electrons. The van der Waals surface area contributed by atoms with Crippen LogP contribution in [0.3, 0.4) is 0 Å². The molecule has 0 fully saturated rings. The van der Waals surface area contributed by atoms with Gasteiger partial charge >= 0.3 is 0 Å². The minimum atomic E-state index is -0.0772. The second kappa shape index (κ2) is 6.86. The van der Waals surface area contributed by atoms with Crippen molar-refractivity contribution >= 4 is 46.1 Å². The van der Waals surface area contributed by atoms with E-state index in [1.165, 1.54) is 0 Å². The first kappa shape index (κ1) is 16.4. The van der Waals surface area contributed by atoms with Gasteiger partial charge in [-0.25, -0.2) is 0 Å². The van der Waals surface area contributed by atoms with Crippen molar-refractivity contribution in [3.8, 4) is 0 Å². The molecule has 2 aromatic carbocycles. The minimum absolute atomic E-state index is 0.0646. The second-order valence-corrected chi connectivity index (χ2v) is 6.62. The van der Waals surface area contributed by atoms with Crippen molar-refractivity contribution in [3.05, 3.63) is 63.1 Å². The van der Waals surface area contributed by atoms with E-state index in [2.05, 4.69) is 28.6 Å². The van der Waals surface area contributed by atoms with Crippen LogP contribution in [-0.2, 0) is 0 Å². The number of benzene rings is 2. The molecule has 2 nitrogen and oxygen atoms in total. The molecule has 21 heavy (non-hydrogen) atoms. The first-order valence-electron chi connectivity index (χ1n) is 6.41. The Balaban J connectivity index is 2.28. The summed E-state index contributed by atoms with van der Waals surface area (Å²) in [5, 5.41) is 0.665. The van der Waals surface area contributed by atoms with E-state index >= 15 is 0 Å². The summed E-state index contributed by atoms with van der Waals surface area (Å²) >= 11 is 13.7. The van der Waals surface area contributed by atoms with Gasteiger partial charge in [0, 0.05) is 21.4 Å². The Morgan fingerprint density at radius 3 is 2.67 bits per heavy atom. The number of thiol groups is 1. The maximum absolute atomic E-state index is 12.6. The quantitative estimate of drug-likeness (QED) is 0.719. The zero-order chi connectivity index (χ0) is 15.6. The Hall–Kier alpha value is -0.970. The fraction of sp³-hybridized carbons (Fsp3) is 0.188. The third kappa shape index (κ3) is 3.82. The number of carbonyl (C=O) groups excluding carboxylic acids is 1. The number of halogens is 2. The van der Waals surface area contributed by atoms with Gasteiger partial charge in [0.05, 0.1) is 11.6 Å². The van der Waals surface area contributed by atoms with E-state index < -0.39 is 0 Å². The van der Waals surface area contributed by atoms with E-state index in [9.17, 15) is 4.79 Å². The van der Waals surface area contributed by atoms with Crippen LogP contribution >= 0.6 is 40.2 Å². The highest BCUT2D eigenvalue weighted by atomic mass is 79.9. The average molecular weight is 385 g/mol. The highest BCUT2D eigenvalue weighted by Gasteiger charge is 2.21. The Morgan fingerprint density at radius 1 is 1.29 bits per heavy atom. The van der Waals surface area contributed by atoms with Crippen molar-refractivity contribution in [2.24, 2.45) is 0 Å². The van der Waals surface area contributed by atoms with E-state index in [1.807, 2.05) is 43.3 Å². The molecule has 110 valence electrons. The molecule has 0 saturated heterocycles. The van der Waals surface area contributed by atoms with E-state index in [0.29, 0.717) is 10.6 Å². The molecule has 1 amide bonds. The lowest BCUT2D eigenvalue weighted by Crippen LogP contribution is -2.30. The highest BCUT2D eigenvalue weighted by molar-refractivity contribution is 9.10. The molecule has 1 unspecified atom stereocenters. The summed E-state index contributed by atoms with van der Waals surface area (Å²) in [6.07, 6.45) is 0. The fourth-order valence-electron chi connectivity index (χ4n) is 2.03. The van der Waals surface area contributed by atoms with Gasteiger partial charge in [-0.2, -0.15) is 0 Å². The van der Waals surface area contributed by atoms with Crippen molar-refractivity contribution in [2.45, 2.75) is 17.9 Å². The van der Waals surface area contributed by atoms with Gasteiger partial charge in [0.15, 0.2) is 0 Å². The SMILES string of the molecule is CC(c1cccc(Cl)c1)N(C)C(=O)c1cc(S)ccc1Br. The van der Waals surface area contributed by atoms with Gasteiger partial charge in [-0.15, -0.1) is 12.6 Å². The Kier molecular flexibility index (Phi) is 5.36. The van der Waals surface area contributed by atoms with Gasteiger partial charge in [0.2, 0.25) is 0 Å². The van der Waals surface area contributed by atoms with Crippen LogP contribution in [0.1, 0.15) is 28.9 Å². The molecule has 2 aromatic rings. The van der Waals surface area contributed by atoms with Crippen LogP contribution in [0, 0.1) is 0 Å². The Labute approximate surface area is 143 Å². The van der Waals surface area contributed by atoms with E-state index in [-0.39, 0.29) is 11.9 Å². The molecule has 1 atom stereocenters. The van der Waals surface area contributed by atoms with Crippen LogP contribution in [0.15, 0.2) is 51.8 Å². The van der Waals surface area contributed by atoms with Crippen molar-refractivity contribution in [1.29, 1.82) is 0 Å². The van der Waals surface area contributed by atoms with Crippen LogP contribution in [0.25, 0.3) is 0 Å². The van der Waals surface area contributed by atoms with Gasteiger partial charge in [-0.3, -0.25) is 4.79 Å². The zero-order valence-corrected chi connectivity index (χ0v) is 14.9. The third-order valence-electron chi connectivity index (χ3n) is 3.41. The largest absolute Gasteiger partial charge is 0.335 e. The van der Waals surface area contributed by atoms with Crippen LogP contribution in [0.4, 0.5) is 0 Å². The summed E-state index contributed by atoms with van der Waals surface area (Å²) in [5.74, 6) is -0.0646. The highest BCUT2D eigenvalue weighted by Crippen LogP contribution is 2.26. The number of carbonyl (C=O) groups is 1. The van der Waals surface area contributed by atoms with Gasteiger partial charge in [0.25, 0.3) is 5.91 Å². The molecular formula is C16H15BrClNOS. The van der Waals surface area contributed by atoms with E-state index in [1.54, 1.807) is 18.0 Å². The van der Waals surface area contributed by atoms with Crippen molar-refractivity contribution < 1.29 is 4.79 Å². The predicted molar refractivity (Wildman–Crippen MR) is 93.4 cm³/mol. The molecule has 0 aliphatic heterocycles. The topological polar surface area (TPSA) is 20.3 Å². The number of hydrogen-bond donors (Lipinski definition) is 1. The smallest absolute Gasteiger partial charge is 0.255 e. The lowest BCUT2D eigenvalue weighted by molar-refractivity contribution is 0.0741. The number of nitrogens with zero attached hydrogens (tertiary/aromatic N) is 1. The summed E-state index contributed by atoms with van der Waals surface area (Å²) in [4.78, 5) is 15.1. The maximum Gasteiger partial charge on any atom is 0.255 e. The minimum Gasteiger partial charge on any atom is -0.335 e. The van der Waals surface area contributed by atoms with Gasteiger partial charge < -0.3 is 4.90 Å². The summed E-state index contributed by atoms with van der Waals surface area (Å²) in [6, 6.07) is 12.9. The predicted octanol–water partition coefficient (Wildman–Crippen LogP) is 5.22. The first-order chi connectivity index (χ1) is 9.90. The van der Waals surface area contributed by atoms with Gasteiger partial charge in [-0.1, -0.05) is 23.7 Å². The summed E-state index contributed by atoms with van der Waals surface area (Å²) in [5.41, 5.74) is 1.59. The van der Waals surface area contributed by atoms with Gasteiger partial charge in [0.1, 0.15) is 0 Å². The molecule has 0 heterocycles. The number of amides is 1. The van der Waals surface area contributed by atoms with E-state index in [4.69, 9.17) is 11.6 Å². The molecule has 0 aliphatic rings. The summed E-state index contributed by atoms with van der Waals surface area (Å²) in [7, 11) is 1.78. The summed E-state index contributed by atoms with van der Waals surface area (Å²) < 4.78 is 0.760. The lowest BCUT2D eigenvalue weighted by atomic mass is 10.1. The number of hydrogen-bond acceptors (Lipinski definition) is 2. The molecule has 2 rings (SSSR count). The lowest BCUT2D eigenvalue weighted by Gasteiger charge is -2.26. The summed E-state index contributed by atoms with van der Waals surface area (Å²) in [6.45, 7) is 1.97. The molecule has 0 saturated carbocycles. The Bertz CT molecular complexity index is 677. The van der Waals surface area contributed by atoms with E-state index in [0.717, 1.165) is 14.9 Å². The van der Waals surface area contributed by atoms with Crippen molar-refractivity contribution in [2.75, 3.05) is 7.05 Å². The average Bonchev–Trinajstić information content (AvgIpc) is 2.47. The molecule has 0 aromatic heterocycles. The van der Waals surface area contributed by atoms with Crippen molar-refractivity contribution in [1.82, 2.24) is 4.90 Å². The van der Waals surface area contributed by atoms with Crippen LogP contribution in [0.5, 0.6) is 0 Å². The zero-order valence-electron chi connectivity index (χ0n) is 11.7. The monoisotopic (exact) mass is 383 g/mol. The second-order valence-electron chi connectivity index (χ2n) is 4.81. The van der Waals surface area contributed by atoms with Crippen molar-refractivity contribution in [3.63, 3.8) is 0 Å². The molecular weight excluding hydrogens is 370 g/mol. The number of rotatable bonds is 3. The van der Waals surface area contributed by atoms with Gasteiger partial charge in [-0.05, 0) is 58.7 Å². The molecule has 0 bridgehead atoms. The van der Waals surface area contributed by atoms with Crippen LogP contribution < -0.4 is 0 Å². The molecule has 0 aliphatic carbocycles. The first-order valence-corrected chi connectivity index (χ1v) is 8.03. The van der Waals surface area contributed by atoms with Crippen LogP contribution in [0.2, 0.25) is 5.02 Å². The molecule has 5 heteroatoms. The molecule has 0 N–H and O–H groups in total.